The van der Waals surface area contributed by atoms with E-state index < -0.39 is 0 Å². The summed E-state index contributed by atoms with van der Waals surface area (Å²) in [5, 5.41) is 7.90. The van der Waals surface area contributed by atoms with Crippen LogP contribution in [0.3, 0.4) is 0 Å². The topological polar surface area (TPSA) is 29.9 Å². The largest absolute Gasteiger partial charge is 0.316 e. The van der Waals surface area contributed by atoms with Crippen LogP contribution < -0.4 is 5.32 Å². The lowest BCUT2D eigenvalue weighted by Crippen LogP contribution is -2.12. The number of halogens is 2. The van der Waals surface area contributed by atoms with Gasteiger partial charge in [-0.15, -0.1) is 0 Å². The minimum atomic E-state index is -0.301. The van der Waals surface area contributed by atoms with Crippen molar-refractivity contribution >= 4 is 11.6 Å². The van der Waals surface area contributed by atoms with Crippen molar-refractivity contribution in [2.24, 2.45) is 0 Å². The van der Waals surface area contributed by atoms with Crippen LogP contribution in [0.1, 0.15) is 17.0 Å². The van der Waals surface area contributed by atoms with Crippen molar-refractivity contribution < 1.29 is 4.39 Å². The Kier molecular flexibility index (Phi) is 3.68. The van der Waals surface area contributed by atoms with Gasteiger partial charge in [-0.1, -0.05) is 23.7 Å². The molecule has 0 fully saturated rings. The number of nitrogens with zero attached hydrogens (tertiary/aromatic N) is 2. The molecule has 0 radical (unpaired) electrons. The van der Waals surface area contributed by atoms with Crippen molar-refractivity contribution in [2.45, 2.75) is 20.4 Å². The average Bonchev–Trinajstić information content (AvgIpc) is 2.58. The van der Waals surface area contributed by atoms with Crippen LogP contribution in [0.15, 0.2) is 18.2 Å². The Morgan fingerprint density at radius 1 is 1.39 bits per heavy atom. The van der Waals surface area contributed by atoms with E-state index in [0.29, 0.717) is 22.9 Å². The molecule has 0 saturated carbocycles. The van der Waals surface area contributed by atoms with Gasteiger partial charge in [0.05, 0.1) is 16.4 Å². The Balaban J connectivity index is 2.65. The van der Waals surface area contributed by atoms with Gasteiger partial charge in [-0.2, -0.15) is 5.10 Å². The molecule has 0 aliphatic heterocycles. The van der Waals surface area contributed by atoms with Crippen molar-refractivity contribution in [1.82, 2.24) is 15.1 Å². The maximum Gasteiger partial charge on any atom is 0.149 e. The van der Waals surface area contributed by atoms with Gasteiger partial charge < -0.3 is 5.32 Å². The van der Waals surface area contributed by atoms with Crippen molar-refractivity contribution in [3.63, 3.8) is 0 Å². The van der Waals surface area contributed by atoms with Gasteiger partial charge in [0.15, 0.2) is 0 Å². The lowest BCUT2D eigenvalue weighted by atomic mass is 10.1. The zero-order chi connectivity index (χ0) is 13.3. The third-order valence-electron chi connectivity index (χ3n) is 2.85. The second kappa shape index (κ2) is 5.08. The number of hydrogen-bond donors (Lipinski definition) is 1. The summed E-state index contributed by atoms with van der Waals surface area (Å²) in [5.41, 5.74) is 2.75. The van der Waals surface area contributed by atoms with E-state index in [1.165, 1.54) is 6.07 Å². The van der Waals surface area contributed by atoms with Crippen LogP contribution >= 0.6 is 11.6 Å². The summed E-state index contributed by atoms with van der Waals surface area (Å²) in [7, 11) is 1.82. The van der Waals surface area contributed by atoms with Gasteiger partial charge in [-0.05, 0) is 32.5 Å². The van der Waals surface area contributed by atoms with Crippen molar-refractivity contribution in [3.05, 3.63) is 46.0 Å². The summed E-state index contributed by atoms with van der Waals surface area (Å²) in [5.74, 6) is -0.301. The van der Waals surface area contributed by atoms with E-state index in [1.54, 1.807) is 10.7 Å². The Hall–Kier alpha value is -1.39. The first-order chi connectivity index (χ1) is 8.56. The van der Waals surface area contributed by atoms with E-state index in [4.69, 9.17) is 11.6 Å². The minimum absolute atomic E-state index is 0.301. The summed E-state index contributed by atoms with van der Waals surface area (Å²) in [4.78, 5) is 0. The number of aromatic nitrogens is 2. The van der Waals surface area contributed by atoms with Crippen LogP contribution in [-0.4, -0.2) is 16.8 Å². The van der Waals surface area contributed by atoms with Gasteiger partial charge in [0.25, 0.3) is 0 Å². The number of para-hydroxylation sites is 1. The number of nitrogens with one attached hydrogen (secondary N) is 1. The molecule has 1 aromatic heterocycles. The number of hydrogen-bond acceptors (Lipinski definition) is 2. The highest BCUT2D eigenvalue weighted by molar-refractivity contribution is 6.31. The van der Waals surface area contributed by atoms with Gasteiger partial charge in [0.2, 0.25) is 0 Å². The van der Waals surface area contributed by atoms with Crippen LogP contribution in [0, 0.1) is 19.7 Å². The van der Waals surface area contributed by atoms with Crippen molar-refractivity contribution in [1.29, 1.82) is 0 Å². The smallest absolute Gasteiger partial charge is 0.149 e. The van der Waals surface area contributed by atoms with Crippen LogP contribution in [-0.2, 0) is 6.54 Å². The summed E-state index contributed by atoms with van der Waals surface area (Å²) in [6.45, 7) is 4.21. The van der Waals surface area contributed by atoms with Crippen molar-refractivity contribution in [3.8, 4) is 5.69 Å². The third kappa shape index (κ3) is 2.13. The average molecular weight is 268 g/mol. The molecular formula is C13H15ClFN3. The Morgan fingerprint density at radius 3 is 2.67 bits per heavy atom. The monoisotopic (exact) mass is 267 g/mol. The highest BCUT2D eigenvalue weighted by Crippen LogP contribution is 2.26. The zero-order valence-corrected chi connectivity index (χ0v) is 11.3. The molecule has 0 atom stereocenters. The summed E-state index contributed by atoms with van der Waals surface area (Å²) in [6.07, 6.45) is 0. The normalized spacial score (nSPS) is 10.9. The highest BCUT2D eigenvalue weighted by atomic mass is 35.5. The highest BCUT2D eigenvalue weighted by Gasteiger charge is 2.16. The van der Waals surface area contributed by atoms with E-state index in [-0.39, 0.29) is 5.82 Å². The van der Waals surface area contributed by atoms with E-state index >= 15 is 0 Å². The van der Waals surface area contributed by atoms with Crippen LogP contribution in [0.5, 0.6) is 0 Å². The molecule has 1 aromatic carbocycles. The second-order valence-corrected chi connectivity index (χ2v) is 4.55. The molecule has 18 heavy (non-hydrogen) atoms. The van der Waals surface area contributed by atoms with E-state index in [9.17, 15) is 4.39 Å². The summed E-state index contributed by atoms with van der Waals surface area (Å²) < 4.78 is 15.6. The van der Waals surface area contributed by atoms with E-state index in [0.717, 1.165) is 11.3 Å². The van der Waals surface area contributed by atoms with Gasteiger partial charge in [-0.25, -0.2) is 9.07 Å². The molecule has 1 heterocycles. The van der Waals surface area contributed by atoms with Gasteiger partial charge in [-0.3, -0.25) is 0 Å². The number of benzene rings is 1. The molecule has 0 bridgehead atoms. The molecule has 0 aliphatic rings. The number of aryl methyl sites for hydroxylation is 1. The molecule has 1 N–H and O–H groups in total. The molecule has 0 saturated heterocycles. The molecule has 0 spiro atoms. The fraction of sp³-hybridized carbons (Fsp3) is 0.308. The molecule has 0 aliphatic carbocycles. The molecule has 96 valence electrons. The first-order valence-corrected chi connectivity index (χ1v) is 6.08. The van der Waals surface area contributed by atoms with Crippen molar-refractivity contribution in [2.75, 3.05) is 7.05 Å². The van der Waals surface area contributed by atoms with Crippen LogP contribution in [0.25, 0.3) is 5.69 Å². The lowest BCUT2D eigenvalue weighted by Gasteiger charge is -2.12. The molecule has 0 amide bonds. The number of rotatable bonds is 3. The van der Waals surface area contributed by atoms with Crippen LogP contribution in [0.2, 0.25) is 5.02 Å². The van der Waals surface area contributed by atoms with E-state index in [2.05, 4.69) is 10.4 Å². The molecule has 3 nitrogen and oxygen atoms in total. The first kappa shape index (κ1) is 13.1. The standard InChI is InChI=1S/C13H15ClFN3/c1-8-12(14)9(2)18(17-8)13-10(7-16-3)5-4-6-11(13)15/h4-6,16H,7H2,1-3H3. The fourth-order valence-corrected chi connectivity index (χ4v) is 2.09. The third-order valence-corrected chi connectivity index (χ3v) is 3.40. The zero-order valence-electron chi connectivity index (χ0n) is 10.6. The lowest BCUT2D eigenvalue weighted by molar-refractivity contribution is 0.602. The first-order valence-electron chi connectivity index (χ1n) is 5.70. The minimum Gasteiger partial charge on any atom is -0.316 e. The van der Waals surface area contributed by atoms with Gasteiger partial charge in [0.1, 0.15) is 11.5 Å². The fourth-order valence-electron chi connectivity index (χ4n) is 1.97. The predicted octanol–water partition coefficient (Wildman–Crippen LogP) is 3.00. The Bertz CT molecular complexity index is 578. The molecular weight excluding hydrogens is 253 g/mol. The second-order valence-electron chi connectivity index (χ2n) is 4.17. The molecule has 2 rings (SSSR count). The Labute approximate surface area is 111 Å². The SMILES string of the molecule is CNCc1cccc(F)c1-n1nc(C)c(Cl)c1C. The predicted molar refractivity (Wildman–Crippen MR) is 70.8 cm³/mol. The van der Waals surface area contributed by atoms with Crippen LogP contribution in [0.4, 0.5) is 4.39 Å². The maximum absolute atomic E-state index is 14.0. The summed E-state index contributed by atoms with van der Waals surface area (Å²) in [6, 6.07) is 5.00. The molecule has 0 unspecified atom stereocenters. The maximum atomic E-state index is 14.0. The summed E-state index contributed by atoms with van der Waals surface area (Å²) >= 11 is 6.11. The molecule has 2 aromatic rings. The molecule has 5 heteroatoms. The van der Waals surface area contributed by atoms with E-state index in [1.807, 2.05) is 27.0 Å². The van der Waals surface area contributed by atoms with Gasteiger partial charge >= 0.3 is 0 Å². The quantitative estimate of drug-likeness (QED) is 0.927. The Morgan fingerprint density at radius 2 is 2.11 bits per heavy atom. The van der Waals surface area contributed by atoms with Gasteiger partial charge in [0, 0.05) is 6.54 Å².